The lowest BCUT2D eigenvalue weighted by atomic mass is 10.0. The Bertz CT molecular complexity index is 763. The molecule has 2 N–H and O–H groups in total. The average Bonchev–Trinajstić information content (AvgIpc) is 3.17. The van der Waals surface area contributed by atoms with Crippen LogP contribution in [-0.2, 0) is 16.0 Å². The van der Waals surface area contributed by atoms with Gasteiger partial charge in [-0.05, 0) is 37.4 Å². The molecule has 2 aromatic rings. The molecule has 1 atom stereocenters. The number of piperidine rings is 1. The second-order valence-electron chi connectivity index (χ2n) is 7.90. The summed E-state index contributed by atoms with van der Waals surface area (Å²) in [5.41, 5.74) is 2.38. The first kappa shape index (κ1) is 19.4. The minimum Gasteiger partial charge on any atom is -0.379 e. The number of hydrogen-bond donors (Lipinski definition) is 2. The van der Waals surface area contributed by atoms with Gasteiger partial charge in [0.25, 0.3) is 0 Å². The number of morpholine rings is 1. The van der Waals surface area contributed by atoms with E-state index in [-0.39, 0.29) is 5.91 Å². The minimum atomic E-state index is 0.284. The van der Waals surface area contributed by atoms with Gasteiger partial charge in [0.05, 0.1) is 13.2 Å². The van der Waals surface area contributed by atoms with Gasteiger partial charge >= 0.3 is 0 Å². The summed E-state index contributed by atoms with van der Waals surface area (Å²) in [6.07, 6.45) is 5.67. The van der Waals surface area contributed by atoms with Gasteiger partial charge in [-0.15, -0.1) is 0 Å². The number of aryl methyl sites for hydroxylation is 1. The predicted molar refractivity (Wildman–Crippen MR) is 111 cm³/mol. The standard InChI is InChI=1S/C22H32N4O2/c27-22(8-7-18-16-24-21-6-2-1-5-20(18)21)26(19-4-3-9-23-17-19)11-10-25-12-14-28-15-13-25/h1-2,5-6,16,19,23-24H,3-4,7-15,17H2. The molecule has 6 heteroatoms. The van der Waals surface area contributed by atoms with E-state index >= 15 is 0 Å². The summed E-state index contributed by atoms with van der Waals surface area (Å²) in [5.74, 6) is 0.284. The van der Waals surface area contributed by atoms with E-state index in [0.29, 0.717) is 12.5 Å². The first-order valence-electron chi connectivity index (χ1n) is 10.7. The van der Waals surface area contributed by atoms with Crippen molar-refractivity contribution >= 4 is 16.8 Å². The highest BCUT2D eigenvalue weighted by Gasteiger charge is 2.26. The van der Waals surface area contributed by atoms with Crippen molar-refractivity contribution in [3.63, 3.8) is 0 Å². The van der Waals surface area contributed by atoms with Gasteiger partial charge in [-0.1, -0.05) is 18.2 Å². The second kappa shape index (κ2) is 9.54. The highest BCUT2D eigenvalue weighted by molar-refractivity contribution is 5.84. The second-order valence-corrected chi connectivity index (χ2v) is 7.90. The Morgan fingerprint density at radius 2 is 2.11 bits per heavy atom. The van der Waals surface area contributed by atoms with E-state index in [0.717, 1.165) is 77.3 Å². The zero-order chi connectivity index (χ0) is 19.2. The highest BCUT2D eigenvalue weighted by Crippen LogP contribution is 2.20. The number of hydrogen-bond acceptors (Lipinski definition) is 4. The van der Waals surface area contributed by atoms with E-state index in [4.69, 9.17) is 4.74 Å². The molecular formula is C22H32N4O2. The van der Waals surface area contributed by atoms with Gasteiger partial charge in [-0.3, -0.25) is 9.69 Å². The Kier molecular flexibility index (Phi) is 6.62. The SMILES string of the molecule is O=C(CCc1c[nH]c2ccccc12)N(CCN1CCOCC1)C1CCCNC1. The molecule has 0 bridgehead atoms. The molecule has 1 aromatic heterocycles. The number of benzene rings is 1. The number of aromatic amines is 1. The number of ether oxygens (including phenoxy) is 1. The molecule has 4 rings (SSSR count). The summed E-state index contributed by atoms with van der Waals surface area (Å²) >= 11 is 0. The lowest BCUT2D eigenvalue weighted by molar-refractivity contribution is -0.134. The number of carbonyl (C=O) groups is 1. The molecule has 1 amide bonds. The van der Waals surface area contributed by atoms with Crippen molar-refractivity contribution in [3.8, 4) is 0 Å². The summed E-state index contributed by atoms with van der Waals surface area (Å²) in [7, 11) is 0. The lowest BCUT2D eigenvalue weighted by Gasteiger charge is -2.37. The molecule has 0 saturated carbocycles. The van der Waals surface area contributed by atoms with Gasteiger partial charge in [0.2, 0.25) is 5.91 Å². The van der Waals surface area contributed by atoms with E-state index in [1.807, 2.05) is 6.07 Å². The van der Waals surface area contributed by atoms with Gasteiger partial charge in [0.1, 0.15) is 0 Å². The van der Waals surface area contributed by atoms with Crippen LogP contribution in [0.4, 0.5) is 0 Å². The molecule has 0 spiro atoms. The first-order chi connectivity index (χ1) is 13.8. The lowest BCUT2D eigenvalue weighted by Crippen LogP contribution is -2.51. The summed E-state index contributed by atoms with van der Waals surface area (Å²) in [6, 6.07) is 8.64. The molecule has 3 heterocycles. The zero-order valence-corrected chi connectivity index (χ0v) is 16.7. The third-order valence-corrected chi connectivity index (χ3v) is 6.08. The maximum Gasteiger partial charge on any atom is 0.223 e. The molecule has 2 saturated heterocycles. The number of rotatable bonds is 7. The third-order valence-electron chi connectivity index (χ3n) is 6.08. The molecule has 152 valence electrons. The number of aromatic nitrogens is 1. The van der Waals surface area contributed by atoms with Crippen LogP contribution in [-0.4, -0.2) is 79.2 Å². The van der Waals surface area contributed by atoms with Crippen LogP contribution in [0.5, 0.6) is 0 Å². The molecule has 0 aliphatic carbocycles. The molecule has 2 fully saturated rings. The monoisotopic (exact) mass is 384 g/mol. The van der Waals surface area contributed by atoms with Crippen molar-refractivity contribution in [1.82, 2.24) is 20.1 Å². The van der Waals surface area contributed by atoms with E-state index in [2.05, 4.69) is 44.5 Å². The van der Waals surface area contributed by atoms with Crippen LogP contribution in [0, 0.1) is 0 Å². The Morgan fingerprint density at radius 3 is 2.93 bits per heavy atom. The highest BCUT2D eigenvalue weighted by atomic mass is 16.5. The molecule has 2 aliphatic heterocycles. The quantitative estimate of drug-likeness (QED) is 0.767. The molecule has 28 heavy (non-hydrogen) atoms. The molecule has 1 aromatic carbocycles. The van der Waals surface area contributed by atoms with Crippen molar-refractivity contribution in [3.05, 3.63) is 36.0 Å². The summed E-state index contributed by atoms with van der Waals surface area (Å²) in [6.45, 7) is 7.30. The van der Waals surface area contributed by atoms with Crippen molar-refractivity contribution in [1.29, 1.82) is 0 Å². The van der Waals surface area contributed by atoms with Crippen LogP contribution in [0.2, 0.25) is 0 Å². The van der Waals surface area contributed by atoms with Crippen LogP contribution in [0.3, 0.4) is 0 Å². The normalized spacial score (nSPS) is 21.1. The molecule has 0 radical (unpaired) electrons. The minimum absolute atomic E-state index is 0.284. The smallest absolute Gasteiger partial charge is 0.223 e. The maximum absolute atomic E-state index is 13.2. The number of amides is 1. The van der Waals surface area contributed by atoms with Crippen LogP contribution >= 0.6 is 0 Å². The maximum atomic E-state index is 13.2. The number of carbonyl (C=O) groups excluding carboxylic acids is 1. The van der Waals surface area contributed by atoms with Gasteiger partial charge in [-0.2, -0.15) is 0 Å². The molecule has 6 nitrogen and oxygen atoms in total. The zero-order valence-electron chi connectivity index (χ0n) is 16.7. The van der Waals surface area contributed by atoms with Crippen LogP contribution in [0.25, 0.3) is 10.9 Å². The predicted octanol–water partition coefficient (Wildman–Crippen LogP) is 2.01. The van der Waals surface area contributed by atoms with Gasteiger partial charge in [0, 0.05) is 62.3 Å². The topological polar surface area (TPSA) is 60.6 Å². The fourth-order valence-electron chi connectivity index (χ4n) is 4.41. The van der Waals surface area contributed by atoms with Crippen LogP contribution < -0.4 is 5.32 Å². The number of nitrogens with zero attached hydrogens (tertiary/aromatic N) is 2. The summed E-state index contributed by atoms with van der Waals surface area (Å²) < 4.78 is 5.45. The molecule has 1 unspecified atom stereocenters. The molecule has 2 aliphatic rings. The average molecular weight is 385 g/mol. The van der Waals surface area contributed by atoms with E-state index in [1.54, 1.807) is 0 Å². The number of fused-ring (bicyclic) bond motifs is 1. The van der Waals surface area contributed by atoms with Crippen molar-refractivity contribution < 1.29 is 9.53 Å². The number of nitrogens with one attached hydrogen (secondary N) is 2. The largest absolute Gasteiger partial charge is 0.379 e. The van der Waals surface area contributed by atoms with Gasteiger partial charge < -0.3 is 19.9 Å². The Morgan fingerprint density at radius 1 is 1.25 bits per heavy atom. The van der Waals surface area contributed by atoms with Crippen LogP contribution in [0.15, 0.2) is 30.5 Å². The number of para-hydroxylation sites is 1. The number of H-pyrrole nitrogens is 1. The van der Waals surface area contributed by atoms with Crippen molar-refractivity contribution in [2.75, 3.05) is 52.5 Å². The third kappa shape index (κ3) is 4.74. The Balaban J connectivity index is 1.38. The van der Waals surface area contributed by atoms with E-state index in [1.165, 1.54) is 10.9 Å². The fourth-order valence-corrected chi connectivity index (χ4v) is 4.41. The van der Waals surface area contributed by atoms with E-state index in [9.17, 15) is 4.79 Å². The summed E-state index contributed by atoms with van der Waals surface area (Å²) in [4.78, 5) is 21.1. The van der Waals surface area contributed by atoms with Crippen molar-refractivity contribution in [2.24, 2.45) is 0 Å². The summed E-state index contributed by atoms with van der Waals surface area (Å²) in [5, 5.41) is 4.70. The first-order valence-corrected chi connectivity index (χ1v) is 10.7. The fraction of sp³-hybridized carbons (Fsp3) is 0.591. The molecular weight excluding hydrogens is 352 g/mol. The van der Waals surface area contributed by atoms with Crippen molar-refractivity contribution in [2.45, 2.75) is 31.7 Å². The van der Waals surface area contributed by atoms with Gasteiger partial charge in [-0.25, -0.2) is 0 Å². The Hall–Kier alpha value is -1.89. The van der Waals surface area contributed by atoms with Gasteiger partial charge in [0.15, 0.2) is 0 Å². The Labute approximate surface area is 167 Å². The van der Waals surface area contributed by atoms with E-state index < -0.39 is 0 Å². The van der Waals surface area contributed by atoms with Crippen LogP contribution in [0.1, 0.15) is 24.8 Å².